The molecule has 0 unspecified atom stereocenters. The monoisotopic (exact) mass is 440 g/mol. The molecule has 9 heteroatoms. The van der Waals surface area contributed by atoms with Crippen LogP contribution in [-0.4, -0.2) is 31.5 Å². The normalized spacial score (nSPS) is 11.0. The summed E-state index contributed by atoms with van der Waals surface area (Å²) in [5, 5.41) is 5.22. The van der Waals surface area contributed by atoms with Gasteiger partial charge in [0.1, 0.15) is 0 Å². The third-order valence-corrected chi connectivity index (χ3v) is 5.84. The summed E-state index contributed by atoms with van der Waals surface area (Å²) in [4.78, 5) is 24.1. The smallest absolute Gasteiger partial charge is 0.328 e. The molecular weight excluding hydrogens is 416 g/mol. The molecule has 0 spiro atoms. The van der Waals surface area contributed by atoms with Gasteiger partial charge in [-0.3, -0.25) is 4.79 Å². The molecule has 0 saturated carbocycles. The molecule has 31 heavy (non-hydrogen) atoms. The van der Waals surface area contributed by atoms with Crippen molar-refractivity contribution in [2.45, 2.75) is 24.7 Å². The van der Waals surface area contributed by atoms with Crippen LogP contribution in [0.4, 0.5) is 10.5 Å². The molecule has 162 valence electrons. The number of carbonyl (C=O) groups excluding carboxylic acids is 2. The minimum absolute atomic E-state index is 0.0767. The third kappa shape index (κ3) is 5.95. The molecule has 0 aliphatic rings. The molecule has 1 heterocycles. The van der Waals surface area contributed by atoms with E-state index in [0.717, 1.165) is 18.5 Å². The highest BCUT2D eigenvalue weighted by atomic mass is 32.2. The summed E-state index contributed by atoms with van der Waals surface area (Å²) < 4.78 is 28.5. The van der Waals surface area contributed by atoms with Crippen molar-refractivity contribution < 1.29 is 18.0 Å². The topological polar surface area (TPSA) is 109 Å². The number of rotatable bonds is 8. The van der Waals surface area contributed by atoms with E-state index in [1.165, 1.54) is 24.3 Å². The lowest BCUT2D eigenvalue weighted by atomic mass is 10.2. The maximum Gasteiger partial charge on any atom is 0.328 e. The fraction of sp³-hybridized carbons (Fsp3) is 0.182. The Balaban J connectivity index is 1.60. The van der Waals surface area contributed by atoms with Gasteiger partial charge in [-0.25, -0.2) is 17.9 Å². The van der Waals surface area contributed by atoms with Crippen LogP contribution in [0.15, 0.2) is 78.0 Å². The summed E-state index contributed by atoms with van der Waals surface area (Å²) in [5.74, 6) is -0.317. The Hall–Kier alpha value is -3.59. The molecule has 3 rings (SSSR count). The molecule has 0 atom stereocenters. The Bertz CT molecular complexity index is 1120. The number of aromatic nitrogens is 1. The highest BCUT2D eigenvalue weighted by Gasteiger charge is 2.17. The Morgan fingerprint density at radius 1 is 0.935 bits per heavy atom. The summed E-state index contributed by atoms with van der Waals surface area (Å²) in [5.41, 5.74) is 1.84. The molecule has 0 radical (unpaired) electrons. The van der Waals surface area contributed by atoms with Gasteiger partial charge < -0.3 is 15.2 Å². The van der Waals surface area contributed by atoms with Crippen molar-refractivity contribution >= 4 is 27.6 Å². The van der Waals surface area contributed by atoms with Crippen molar-refractivity contribution in [3.63, 3.8) is 0 Å². The van der Waals surface area contributed by atoms with Gasteiger partial charge in [-0.15, -0.1) is 0 Å². The highest BCUT2D eigenvalue weighted by Crippen LogP contribution is 2.16. The maximum atomic E-state index is 12.5. The number of sulfonamides is 1. The third-order valence-electron chi connectivity index (χ3n) is 4.50. The van der Waals surface area contributed by atoms with Gasteiger partial charge >= 0.3 is 6.03 Å². The zero-order valence-corrected chi connectivity index (χ0v) is 17.9. The highest BCUT2D eigenvalue weighted by molar-refractivity contribution is 7.90. The average Bonchev–Trinajstić information content (AvgIpc) is 3.29. The van der Waals surface area contributed by atoms with Crippen molar-refractivity contribution in [1.29, 1.82) is 0 Å². The van der Waals surface area contributed by atoms with E-state index in [2.05, 4.69) is 10.6 Å². The number of unbranched alkanes of at least 4 members (excludes halogenated alkanes) is 1. The summed E-state index contributed by atoms with van der Waals surface area (Å²) in [7, 11) is -4.00. The van der Waals surface area contributed by atoms with E-state index in [-0.39, 0.29) is 10.8 Å². The van der Waals surface area contributed by atoms with Crippen molar-refractivity contribution in [2.24, 2.45) is 0 Å². The van der Waals surface area contributed by atoms with Gasteiger partial charge in [-0.05, 0) is 67.1 Å². The number of hydrogen-bond donors (Lipinski definition) is 3. The van der Waals surface area contributed by atoms with E-state index >= 15 is 0 Å². The molecule has 8 nitrogen and oxygen atoms in total. The molecule has 3 aromatic rings. The molecule has 2 aromatic carbocycles. The quantitative estimate of drug-likeness (QED) is 0.466. The fourth-order valence-electron chi connectivity index (χ4n) is 2.81. The lowest BCUT2D eigenvalue weighted by molar-refractivity contribution is 0.102. The van der Waals surface area contributed by atoms with Crippen LogP contribution in [0.3, 0.4) is 0 Å². The van der Waals surface area contributed by atoms with Gasteiger partial charge in [-0.1, -0.05) is 13.3 Å². The molecule has 0 bridgehead atoms. The van der Waals surface area contributed by atoms with Crippen LogP contribution in [0, 0.1) is 0 Å². The SMILES string of the molecule is CCCCNC(=O)NS(=O)(=O)c1ccc(NC(=O)c2ccc(-n3cccc3)cc2)cc1. The Morgan fingerprint density at radius 2 is 1.58 bits per heavy atom. The van der Waals surface area contributed by atoms with E-state index in [1.807, 2.05) is 52.9 Å². The minimum atomic E-state index is -4.00. The van der Waals surface area contributed by atoms with Gasteiger partial charge in [0.15, 0.2) is 0 Å². The lowest BCUT2D eigenvalue weighted by Gasteiger charge is -2.10. The zero-order chi connectivity index (χ0) is 22.3. The van der Waals surface area contributed by atoms with Crippen LogP contribution in [0.2, 0.25) is 0 Å². The first-order valence-electron chi connectivity index (χ1n) is 9.84. The molecule has 3 N–H and O–H groups in total. The van der Waals surface area contributed by atoms with Gasteiger partial charge in [0.05, 0.1) is 4.90 Å². The number of nitrogens with one attached hydrogen (secondary N) is 3. The second-order valence-electron chi connectivity index (χ2n) is 6.83. The van der Waals surface area contributed by atoms with E-state index in [4.69, 9.17) is 0 Å². The number of hydrogen-bond acceptors (Lipinski definition) is 4. The van der Waals surface area contributed by atoms with Gasteiger partial charge in [0.2, 0.25) is 0 Å². The first kappa shape index (κ1) is 22.1. The minimum Gasteiger partial charge on any atom is -0.337 e. The van der Waals surface area contributed by atoms with Gasteiger partial charge in [0.25, 0.3) is 15.9 Å². The Kier molecular flexibility index (Phi) is 7.09. The van der Waals surface area contributed by atoms with Crippen LogP contribution < -0.4 is 15.4 Å². The second-order valence-corrected chi connectivity index (χ2v) is 8.51. The summed E-state index contributed by atoms with van der Waals surface area (Å²) in [6.45, 7) is 2.37. The number of urea groups is 1. The van der Waals surface area contributed by atoms with Crippen LogP contribution in [0.1, 0.15) is 30.1 Å². The van der Waals surface area contributed by atoms with Crippen molar-refractivity contribution in [3.05, 3.63) is 78.6 Å². The van der Waals surface area contributed by atoms with Gasteiger partial charge in [0, 0.05) is 35.9 Å². The Labute approximate surface area is 181 Å². The molecule has 0 fully saturated rings. The number of benzene rings is 2. The fourth-order valence-corrected chi connectivity index (χ4v) is 3.74. The average molecular weight is 441 g/mol. The van der Waals surface area contributed by atoms with Crippen molar-refractivity contribution in [1.82, 2.24) is 14.6 Å². The number of nitrogens with zero attached hydrogens (tertiary/aromatic N) is 1. The molecule has 0 aliphatic heterocycles. The number of carbonyl (C=O) groups is 2. The molecule has 0 saturated heterocycles. The Morgan fingerprint density at radius 3 is 2.19 bits per heavy atom. The lowest BCUT2D eigenvalue weighted by Crippen LogP contribution is -2.39. The van der Waals surface area contributed by atoms with E-state index in [9.17, 15) is 18.0 Å². The van der Waals surface area contributed by atoms with Crippen molar-refractivity contribution in [3.8, 4) is 5.69 Å². The van der Waals surface area contributed by atoms with E-state index in [0.29, 0.717) is 17.8 Å². The second kappa shape index (κ2) is 9.94. The molecule has 3 amide bonds. The first-order chi connectivity index (χ1) is 14.9. The number of amides is 3. The predicted molar refractivity (Wildman–Crippen MR) is 119 cm³/mol. The van der Waals surface area contributed by atoms with Crippen LogP contribution in [0.25, 0.3) is 5.69 Å². The van der Waals surface area contributed by atoms with Crippen LogP contribution >= 0.6 is 0 Å². The zero-order valence-electron chi connectivity index (χ0n) is 17.0. The summed E-state index contributed by atoms with van der Waals surface area (Å²) in [6, 6.07) is 15.7. The van der Waals surface area contributed by atoms with Crippen LogP contribution in [0.5, 0.6) is 0 Å². The predicted octanol–water partition coefficient (Wildman–Crippen LogP) is 3.52. The first-order valence-corrected chi connectivity index (χ1v) is 11.3. The maximum absolute atomic E-state index is 12.5. The summed E-state index contributed by atoms with van der Waals surface area (Å²) >= 11 is 0. The van der Waals surface area contributed by atoms with Gasteiger partial charge in [-0.2, -0.15) is 0 Å². The standard InChI is InChI=1S/C22H24N4O4S/c1-2-3-14-23-22(28)25-31(29,30)20-12-8-18(9-13-20)24-21(27)17-6-10-19(11-7-17)26-15-4-5-16-26/h4-13,15-16H,2-3,14H2,1H3,(H,24,27)(H2,23,25,28). The molecule has 1 aromatic heterocycles. The van der Waals surface area contributed by atoms with Crippen molar-refractivity contribution in [2.75, 3.05) is 11.9 Å². The van der Waals surface area contributed by atoms with E-state index in [1.54, 1.807) is 12.1 Å². The molecular formula is C22H24N4O4S. The number of anilines is 1. The molecule has 0 aliphatic carbocycles. The summed E-state index contributed by atoms with van der Waals surface area (Å²) in [6.07, 6.45) is 5.47. The van der Waals surface area contributed by atoms with Crippen LogP contribution in [-0.2, 0) is 10.0 Å². The van der Waals surface area contributed by atoms with E-state index < -0.39 is 16.1 Å². The largest absolute Gasteiger partial charge is 0.337 e.